The molecule has 0 spiro atoms. The number of aliphatic hydroxyl groups excluding tert-OH is 1. The Balaban J connectivity index is 1.65. The van der Waals surface area contributed by atoms with Crippen molar-refractivity contribution < 1.29 is 9.90 Å². The summed E-state index contributed by atoms with van der Waals surface area (Å²) in [5.41, 5.74) is 0.709. The Bertz CT molecular complexity index is 686. The second kappa shape index (κ2) is 9.69. The Morgan fingerprint density at radius 3 is 3.08 bits per heavy atom. The van der Waals surface area contributed by atoms with Crippen LogP contribution in [0, 0.1) is 5.92 Å². The van der Waals surface area contributed by atoms with E-state index in [1.807, 2.05) is 11.4 Å². The molecule has 0 unspecified atom stereocenters. The number of nitrogens with zero attached hydrogens (tertiary/aromatic N) is 1. The molecule has 1 aromatic heterocycles. The van der Waals surface area contributed by atoms with Crippen molar-refractivity contribution in [3.05, 3.63) is 46.1 Å². The molecule has 140 valence electrons. The Hall–Kier alpha value is -1.92. The van der Waals surface area contributed by atoms with Gasteiger partial charge in [0, 0.05) is 42.1 Å². The van der Waals surface area contributed by atoms with Gasteiger partial charge in [-0.2, -0.15) is 0 Å². The van der Waals surface area contributed by atoms with Crippen LogP contribution in [0.1, 0.15) is 43.4 Å². The van der Waals surface area contributed by atoms with E-state index in [2.05, 4.69) is 21.7 Å². The van der Waals surface area contributed by atoms with Crippen molar-refractivity contribution in [2.24, 2.45) is 10.9 Å². The summed E-state index contributed by atoms with van der Waals surface area (Å²) in [4.78, 5) is 18.4. The van der Waals surface area contributed by atoms with Crippen molar-refractivity contribution in [2.75, 3.05) is 13.1 Å². The number of aliphatic hydroxyl groups is 1. The minimum absolute atomic E-state index is 0.157. The fourth-order valence-electron chi connectivity index (χ4n) is 3.31. The highest BCUT2D eigenvalue weighted by atomic mass is 32.1. The van der Waals surface area contributed by atoms with Crippen molar-refractivity contribution in [3.8, 4) is 0 Å². The molecule has 3 rings (SSSR count). The lowest BCUT2D eigenvalue weighted by Crippen LogP contribution is -2.30. The van der Waals surface area contributed by atoms with E-state index in [0.717, 1.165) is 25.3 Å². The zero-order valence-electron chi connectivity index (χ0n) is 15.0. The van der Waals surface area contributed by atoms with Gasteiger partial charge in [0.2, 0.25) is 0 Å². The number of thiophene rings is 1. The zero-order chi connectivity index (χ0) is 18.2. The molecule has 3 N–H and O–H groups in total. The normalized spacial score (nSPS) is 25.4. The second-order valence-corrected chi connectivity index (χ2v) is 7.97. The molecular weight excluding hydrogens is 346 g/mol. The number of carbonyl (C=O) groups excluding carboxylic acids is 1. The van der Waals surface area contributed by atoms with Gasteiger partial charge in [-0.25, -0.2) is 4.99 Å². The van der Waals surface area contributed by atoms with Gasteiger partial charge in [0.05, 0.1) is 0 Å². The predicted octanol–water partition coefficient (Wildman–Crippen LogP) is 3.70. The first-order valence-corrected chi connectivity index (χ1v) is 10.3. The van der Waals surface area contributed by atoms with Gasteiger partial charge in [-0.3, -0.25) is 4.79 Å². The summed E-state index contributed by atoms with van der Waals surface area (Å²) in [6.45, 7) is 2.11. The fourth-order valence-corrected chi connectivity index (χ4v) is 4.02. The quantitative estimate of drug-likeness (QED) is 0.711. The highest BCUT2D eigenvalue weighted by Gasteiger charge is 2.17. The van der Waals surface area contributed by atoms with Crippen LogP contribution in [0.4, 0.5) is 0 Å². The lowest BCUT2D eigenvalue weighted by atomic mass is 9.92. The van der Waals surface area contributed by atoms with Crippen molar-refractivity contribution >= 4 is 23.0 Å². The highest BCUT2D eigenvalue weighted by molar-refractivity contribution is 7.10. The molecular formula is C20H27N3O2S. The molecule has 0 aromatic carbocycles. The maximum atomic E-state index is 12.7. The lowest BCUT2D eigenvalue weighted by molar-refractivity contribution is -0.116. The number of piperidine rings is 1. The predicted molar refractivity (Wildman–Crippen MR) is 106 cm³/mol. The molecule has 0 amide bonds. The number of amidine groups is 1. The molecule has 1 saturated heterocycles. The van der Waals surface area contributed by atoms with Gasteiger partial charge in [0.25, 0.3) is 0 Å². The number of hydrogen-bond acceptors (Lipinski definition) is 6. The van der Waals surface area contributed by atoms with E-state index in [9.17, 15) is 9.90 Å². The summed E-state index contributed by atoms with van der Waals surface area (Å²) in [5, 5.41) is 18.5. The van der Waals surface area contributed by atoms with Crippen molar-refractivity contribution in [1.29, 1.82) is 0 Å². The molecule has 2 aliphatic heterocycles. The smallest absolute Gasteiger partial charge is 0.160 e. The molecule has 6 heteroatoms. The first kappa shape index (κ1) is 18.9. The van der Waals surface area contributed by atoms with Crippen LogP contribution in [-0.2, 0) is 11.2 Å². The number of aliphatic imine (C=N–C) groups is 1. The van der Waals surface area contributed by atoms with E-state index in [1.54, 1.807) is 23.7 Å². The summed E-state index contributed by atoms with van der Waals surface area (Å²) in [6, 6.07) is 4.06. The van der Waals surface area contributed by atoms with Gasteiger partial charge >= 0.3 is 0 Å². The molecule has 2 aliphatic rings. The van der Waals surface area contributed by atoms with Crippen LogP contribution in [-0.4, -0.2) is 29.8 Å². The number of Topliss-reactive ketones (excluding diaryl/α,β-unsaturated/α-hetero) is 1. The Morgan fingerprint density at radius 2 is 2.31 bits per heavy atom. The van der Waals surface area contributed by atoms with E-state index in [1.165, 1.54) is 17.7 Å². The van der Waals surface area contributed by atoms with Crippen LogP contribution in [0.15, 0.2) is 46.2 Å². The second-order valence-electron chi connectivity index (χ2n) is 6.94. The van der Waals surface area contributed by atoms with E-state index >= 15 is 0 Å². The number of ketones is 1. The van der Waals surface area contributed by atoms with Gasteiger partial charge in [-0.1, -0.05) is 6.07 Å². The summed E-state index contributed by atoms with van der Waals surface area (Å²) >= 11 is 1.67. The molecule has 0 bridgehead atoms. The van der Waals surface area contributed by atoms with Crippen LogP contribution in [0.2, 0.25) is 0 Å². The highest BCUT2D eigenvalue weighted by Crippen LogP contribution is 2.20. The van der Waals surface area contributed by atoms with Crippen molar-refractivity contribution in [2.45, 2.75) is 44.9 Å². The van der Waals surface area contributed by atoms with Crippen molar-refractivity contribution in [3.63, 3.8) is 0 Å². The zero-order valence-corrected chi connectivity index (χ0v) is 15.9. The Kier molecular flexibility index (Phi) is 7.03. The SMILES string of the molecule is O=C(CC[C@@H]1CCCNC1)/C1=C\N=C(Cc2cccs2)N/C=C(\O)CC1. The average Bonchev–Trinajstić information content (AvgIpc) is 3.19. The van der Waals surface area contributed by atoms with Gasteiger partial charge in [0.1, 0.15) is 11.6 Å². The third-order valence-corrected chi connectivity index (χ3v) is 5.77. The summed E-state index contributed by atoms with van der Waals surface area (Å²) < 4.78 is 0. The molecule has 1 aromatic rings. The molecule has 1 fully saturated rings. The number of carbonyl (C=O) groups is 1. The molecule has 0 saturated carbocycles. The minimum atomic E-state index is 0.157. The lowest BCUT2D eigenvalue weighted by Gasteiger charge is -2.22. The van der Waals surface area contributed by atoms with Gasteiger partial charge in [-0.05, 0) is 56.1 Å². The third kappa shape index (κ3) is 5.81. The van der Waals surface area contributed by atoms with Gasteiger partial charge in [-0.15, -0.1) is 11.3 Å². The van der Waals surface area contributed by atoms with E-state index in [-0.39, 0.29) is 11.5 Å². The van der Waals surface area contributed by atoms with Gasteiger partial charge in [0.15, 0.2) is 5.78 Å². The van der Waals surface area contributed by atoms with Crippen LogP contribution in [0.3, 0.4) is 0 Å². The first-order valence-electron chi connectivity index (χ1n) is 9.37. The number of nitrogens with one attached hydrogen (secondary N) is 2. The number of allylic oxidation sites excluding steroid dienone is 2. The van der Waals surface area contributed by atoms with Crippen LogP contribution in [0.5, 0.6) is 0 Å². The van der Waals surface area contributed by atoms with E-state index in [0.29, 0.717) is 37.2 Å². The van der Waals surface area contributed by atoms with E-state index in [4.69, 9.17) is 0 Å². The topological polar surface area (TPSA) is 73.7 Å². The fraction of sp³-hybridized carbons (Fsp3) is 0.500. The number of rotatable bonds is 6. The molecule has 0 aliphatic carbocycles. The molecule has 1 atom stereocenters. The molecule has 26 heavy (non-hydrogen) atoms. The van der Waals surface area contributed by atoms with Crippen LogP contribution >= 0.6 is 11.3 Å². The van der Waals surface area contributed by atoms with Gasteiger partial charge < -0.3 is 15.7 Å². The molecule has 0 radical (unpaired) electrons. The van der Waals surface area contributed by atoms with E-state index < -0.39 is 0 Å². The van der Waals surface area contributed by atoms with Crippen molar-refractivity contribution in [1.82, 2.24) is 10.6 Å². The maximum Gasteiger partial charge on any atom is 0.160 e. The monoisotopic (exact) mass is 373 g/mol. The summed E-state index contributed by atoms with van der Waals surface area (Å²) in [5.74, 6) is 1.74. The van der Waals surface area contributed by atoms with Crippen LogP contribution in [0.25, 0.3) is 0 Å². The maximum absolute atomic E-state index is 12.7. The average molecular weight is 374 g/mol. The summed E-state index contributed by atoms with van der Waals surface area (Å²) in [7, 11) is 0. The Morgan fingerprint density at radius 1 is 1.38 bits per heavy atom. The largest absolute Gasteiger partial charge is 0.511 e. The van der Waals surface area contributed by atoms with Crippen LogP contribution < -0.4 is 10.6 Å². The standard InChI is InChI=1S/C20H27N3O2S/c24-17-7-6-16(19(25)8-5-15-3-1-9-21-12-15)13-22-20(23-14-17)11-18-4-2-10-26-18/h2,4,10,13-15,21,24H,1,3,5-9,11-12H2,(H,22,23)/b16-13-,17-14-/t15-/m0/s1. The number of hydrogen-bond donors (Lipinski definition) is 3. The Labute approximate surface area is 158 Å². The molecule has 5 nitrogen and oxygen atoms in total. The molecule has 3 heterocycles. The minimum Gasteiger partial charge on any atom is -0.511 e. The third-order valence-electron chi connectivity index (χ3n) is 4.89. The summed E-state index contributed by atoms with van der Waals surface area (Å²) in [6.07, 6.45) is 8.82. The first-order chi connectivity index (χ1) is 12.7.